The molecule has 2 aromatic carbocycles. The number of hydrogen-bond acceptors (Lipinski definition) is 3. The molecule has 0 N–H and O–H groups in total. The third kappa shape index (κ3) is 3.54. The standard InChI is InChI=1S/C23H23Cl2N3O2/c24-16-5-8-18(25)15(13-16)14-28-21(9-10-22(28)29)23(30)27-12-11-26(17-6-7-17)19-3-1-2-4-20(19)27/h1-5,8,13,17,21H,6-7,9-12,14H2. The summed E-state index contributed by atoms with van der Waals surface area (Å²) in [6.45, 7) is 1.76. The van der Waals surface area contributed by atoms with Crippen LogP contribution in [-0.2, 0) is 16.1 Å². The van der Waals surface area contributed by atoms with Crippen molar-refractivity contribution < 1.29 is 9.59 Å². The Hall–Kier alpha value is -2.24. The molecule has 30 heavy (non-hydrogen) atoms. The predicted molar refractivity (Wildman–Crippen MR) is 119 cm³/mol. The number of carbonyl (C=O) groups excluding carboxylic acids is 2. The van der Waals surface area contributed by atoms with Crippen LogP contribution in [0, 0.1) is 0 Å². The Balaban J connectivity index is 1.41. The minimum absolute atomic E-state index is 0.0121. The molecule has 1 aliphatic carbocycles. The molecule has 1 saturated heterocycles. The van der Waals surface area contributed by atoms with Gasteiger partial charge in [-0.3, -0.25) is 9.59 Å². The smallest absolute Gasteiger partial charge is 0.249 e. The molecule has 1 saturated carbocycles. The van der Waals surface area contributed by atoms with Gasteiger partial charge in [0.15, 0.2) is 0 Å². The number of fused-ring (bicyclic) bond motifs is 1. The third-order valence-electron chi connectivity index (χ3n) is 6.26. The van der Waals surface area contributed by atoms with Crippen molar-refractivity contribution in [3.8, 4) is 0 Å². The van der Waals surface area contributed by atoms with Crippen molar-refractivity contribution in [2.45, 2.75) is 44.3 Å². The van der Waals surface area contributed by atoms with E-state index in [-0.39, 0.29) is 18.4 Å². The molecule has 2 heterocycles. The molecule has 1 atom stereocenters. The third-order valence-corrected chi connectivity index (χ3v) is 6.87. The van der Waals surface area contributed by atoms with E-state index in [1.165, 1.54) is 12.8 Å². The van der Waals surface area contributed by atoms with Crippen molar-refractivity contribution in [2.24, 2.45) is 0 Å². The summed E-state index contributed by atoms with van der Waals surface area (Å²) in [7, 11) is 0. The molecular weight excluding hydrogens is 421 g/mol. The van der Waals surface area contributed by atoms with Gasteiger partial charge in [0, 0.05) is 42.1 Å². The summed E-state index contributed by atoms with van der Waals surface area (Å²) in [4.78, 5) is 32.2. The highest BCUT2D eigenvalue weighted by molar-refractivity contribution is 6.33. The molecule has 1 unspecified atom stereocenters. The molecule has 5 rings (SSSR count). The van der Waals surface area contributed by atoms with E-state index in [9.17, 15) is 9.59 Å². The van der Waals surface area contributed by atoms with Gasteiger partial charge in [-0.1, -0.05) is 35.3 Å². The fraction of sp³-hybridized carbons (Fsp3) is 0.391. The number of anilines is 2. The van der Waals surface area contributed by atoms with E-state index in [0.29, 0.717) is 35.5 Å². The van der Waals surface area contributed by atoms with Crippen molar-refractivity contribution in [1.29, 1.82) is 0 Å². The fourth-order valence-corrected chi connectivity index (χ4v) is 4.97. The van der Waals surface area contributed by atoms with Gasteiger partial charge in [-0.15, -0.1) is 0 Å². The van der Waals surface area contributed by atoms with Crippen LogP contribution in [0.5, 0.6) is 0 Å². The first kappa shape index (κ1) is 19.7. The van der Waals surface area contributed by atoms with Crippen LogP contribution in [0.2, 0.25) is 10.0 Å². The highest BCUT2D eigenvalue weighted by atomic mass is 35.5. The van der Waals surface area contributed by atoms with Gasteiger partial charge < -0.3 is 14.7 Å². The van der Waals surface area contributed by atoms with Crippen molar-refractivity contribution in [2.75, 3.05) is 22.9 Å². The maximum Gasteiger partial charge on any atom is 0.249 e. The van der Waals surface area contributed by atoms with Crippen molar-refractivity contribution >= 4 is 46.4 Å². The number of likely N-dealkylation sites (tertiary alicyclic amines) is 1. The highest BCUT2D eigenvalue weighted by Gasteiger charge is 2.41. The Kier molecular flexibility index (Phi) is 5.11. The summed E-state index contributed by atoms with van der Waals surface area (Å²) in [5.74, 6) is -0.0313. The van der Waals surface area contributed by atoms with Crippen molar-refractivity contribution in [1.82, 2.24) is 4.90 Å². The Bertz CT molecular complexity index is 1010. The lowest BCUT2D eigenvalue weighted by Gasteiger charge is -2.39. The van der Waals surface area contributed by atoms with Crippen LogP contribution < -0.4 is 9.80 Å². The lowest BCUT2D eigenvalue weighted by molar-refractivity contribution is -0.134. The number of amides is 2. The zero-order valence-electron chi connectivity index (χ0n) is 16.6. The first-order chi connectivity index (χ1) is 14.5. The predicted octanol–water partition coefficient (Wildman–Crippen LogP) is 4.50. The highest BCUT2D eigenvalue weighted by Crippen LogP contribution is 2.40. The minimum atomic E-state index is -0.479. The Morgan fingerprint density at radius 1 is 1.00 bits per heavy atom. The fourth-order valence-electron chi connectivity index (χ4n) is 4.59. The molecule has 2 amide bonds. The number of hydrogen-bond donors (Lipinski definition) is 0. The van der Waals surface area contributed by atoms with Crippen molar-refractivity contribution in [3.05, 3.63) is 58.1 Å². The molecule has 0 aromatic heterocycles. The molecule has 0 spiro atoms. The van der Waals surface area contributed by atoms with Crippen LogP contribution in [-0.4, -0.2) is 41.9 Å². The quantitative estimate of drug-likeness (QED) is 0.698. The summed E-state index contributed by atoms with van der Waals surface area (Å²) in [5.41, 5.74) is 2.82. The average Bonchev–Trinajstić information content (AvgIpc) is 3.53. The van der Waals surface area contributed by atoms with Gasteiger partial charge in [0.25, 0.3) is 0 Å². The lowest BCUT2D eigenvalue weighted by Crippen LogP contribution is -2.51. The number of benzene rings is 2. The van der Waals surface area contributed by atoms with E-state index < -0.39 is 6.04 Å². The number of halogens is 2. The topological polar surface area (TPSA) is 43.9 Å². The van der Waals surface area contributed by atoms with E-state index in [2.05, 4.69) is 11.0 Å². The molecule has 5 nitrogen and oxygen atoms in total. The van der Waals surface area contributed by atoms with Gasteiger partial charge >= 0.3 is 0 Å². The van der Waals surface area contributed by atoms with Gasteiger partial charge in [0.05, 0.1) is 11.4 Å². The summed E-state index contributed by atoms with van der Waals surface area (Å²) in [6.07, 6.45) is 3.33. The van der Waals surface area contributed by atoms with Crippen LogP contribution in [0.3, 0.4) is 0 Å². The van der Waals surface area contributed by atoms with E-state index in [1.807, 2.05) is 23.1 Å². The zero-order chi connectivity index (χ0) is 20.8. The molecule has 2 aliphatic heterocycles. The second kappa shape index (κ2) is 7.78. The van der Waals surface area contributed by atoms with Crippen molar-refractivity contribution in [3.63, 3.8) is 0 Å². The van der Waals surface area contributed by atoms with Crippen LogP contribution in [0.4, 0.5) is 11.4 Å². The summed E-state index contributed by atoms with van der Waals surface area (Å²) >= 11 is 12.4. The van der Waals surface area contributed by atoms with Gasteiger partial charge in [-0.05, 0) is 55.2 Å². The van der Waals surface area contributed by atoms with Gasteiger partial charge in [0.1, 0.15) is 6.04 Å². The summed E-state index contributed by atoms with van der Waals surface area (Å²) in [5, 5.41) is 1.11. The number of carbonyl (C=O) groups is 2. The second-order valence-corrected chi connectivity index (χ2v) is 9.06. The average molecular weight is 444 g/mol. The zero-order valence-corrected chi connectivity index (χ0v) is 18.1. The van der Waals surface area contributed by atoms with Crippen LogP contribution in [0.25, 0.3) is 0 Å². The van der Waals surface area contributed by atoms with Gasteiger partial charge in [-0.2, -0.15) is 0 Å². The van der Waals surface area contributed by atoms with Gasteiger partial charge in [0.2, 0.25) is 11.8 Å². The van der Waals surface area contributed by atoms with E-state index in [1.54, 1.807) is 23.1 Å². The number of rotatable bonds is 4. The molecule has 156 valence electrons. The molecule has 7 heteroatoms. The first-order valence-electron chi connectivity index (χ1n) is 10.4. The molecule has 2 fully saturated rings. The number of nitrogens with zero attached hydrogens (tertiary/aromatic N) is 3. The lowest BCUT2D eigenvalue weighted by atomic mass is 10.1. The molecule has 0 radical (unpaired) electrons. The molecule has 3 aliphatic rings. The largest absolute Gasteiger partial charge is 0.365 e. The minimum Gasteiger partial charge on any atom is -0.365 e. The van der Waals surface area contributed by atoms with E-state index in [4.69, 9.17) is 23.2 Å². The maximum absolute atomic E-state index is 13.6. The van der Waals surface area contributed by atoms with Crippen LogP contribution in [0.15, 0.2) is 42.5 Å². The molecule has 0 bridgehead atoms. The molecular formula is C23H23Cl2N3O2. The Morgan fingerprint density at radius 2 is 1.77 bits per heavy atom. The van der Waals surface area contributed by atoms with E-state index in [0.717, 1.165) is 23.5 Å². The summed E-state index contributed by atoms with van der Waals surface area (Å²) in [6, 6.07) is 13.4. The first-order valence-corrected chi connectivity index (χ1v) is 11.2. The van der Waals surface area contributed by atoms with Crippen LogP contribution in [0.1, 0.15) is 31.2 Å². The second-order valence-electron chi connectivity index (χ2n) is 8.22. The number of para-hydroxylation sites is 2. The SMILES string of the molecule is O=C(C1CCC(=O)N1Cc1cc(Cl)ccc1Cl)N1CCN(C2CC2)c2ccccc21. The Morgan fingerprint density at radius 3 is 2.53 bits per heavy atom. The van der Waals surface area contributed by atoms with Gasteiger partial charge in [-0.25, -0.2) is 0 Å². The summed E-state index contributed by atoms with van der Waals surface area (Å²) < 4.78 is 0. The Labute approximate surface area is 186 Å². The monoisotopic (exact) mass is 443 g/mol. The maximum atomic E-state index is 13.6. The van der Waals surface area contributed by atoms with E-state index >= 15 is 0 Å². The normalized spacial score (nSPS) is 21.2. The molecule has 2 aromatic rings. The van der Waals surface area contributed by atoms with Crippen LogP contribution >= 0.6 is 23.2 Å².